The van der Waals surface area contributed by atoms with E-state index >= 15 is 0 Å². The first-order valence-corrected chi connectivity index (χ1v) is 19.3. The molecule has 1 aromatic carbocycles. The summed E-state index contributed by atoms with van der Waals surface area (Å²) in [5.74, 6) is -1.27. The minimum atomic E-state index is -3.93. The van der Waals surface area contributed by atoms with E-state index in [2.05, 4.69) is 16.0 Å². The van der Waals surface area contributed by atoms with Crippen molar-refractivity contribution in [1.82, 2.24) is 25.8 Å². The maximum atomic E-state index is 13.7. The van der Waals surface area contributed by atoms with Crippen LogP contribution in [0.2, 0.25) is 0 Å². The van der Waals surface area contributed by atoms with Gasteiger partial charge in [-0.3, -0.25) is 28.2 Å². The van der Waals surface area contributed by atoms with Crippen LogP contribution in [0.1, 0.15) is 84.1 Å². The molecule has 50 heavy (non-hydrogen) atoms. The Bertz CT molecular complexity index is 1180. The molecule has 3 unspecified atom stereocenters. The van der Waals surface area contributed by atoms with Crippen molar-refractivity contribution >= 4 is 31.5 Å². The van der Waals surface area contributed by atoms with Crippen LogP contribution in [-0.2, 0) is 39.2 Å². The minimum Gasteiger partial charge on any atom is -0.404 e. The van der Waals surface area contributed by atoms with Crippen molar-refractivity contribution in [3.63, 3.8) is 0 Å². The molecule has 0 bridgehead atoms. The van der Waals surface area contributed by atoms with Gasteiger partial charge in [-0.05, 0) is 71.1 Å². The van der Waals surface area contributed by atoms with Crippen LogP contribution in [0.4, 0.5) is 0 Å². The van der Waals surface area contributed by atoms with E-state index in [1.54, 1.807) is 24.3 Å². The van der Waals surface area contributed by atoms with Gasteiger partial charge in [0.05, 0.1) is 13.2 Å². The molecule has 0 spiro atoms. The van der Waals surface area contributed by atoms with Gasteiger partial charge in [0.2, 0.25) is 23.6 Å². The van der Waals surface area contributed by atoms with Crippen molar-refractivity contribution in [2.75, 3.05) is 61.0 Å². The molecule has 0 saturated heterocycles. The van der Waals surface area contributed by atoms with Crippen LogP contribution in [0, 0.1) is 5.92 Å². The Balaban J connectivity index is 3.09. The van der Waals surface area contributed by atoms with Gasteiger partial charge in [0.1, 0.15) is 17.8 Å². The average molecular weight is 727 g/mol. The third-order valence-electron chi connectivity index (χ3n) is 8.01. The number of rotatable bonds is 28. The number of nitrogens with two attached hydrogens (primary N) is 1. The highest BCUT2D eigenvalue weighted by molar-refractivity contribution is 7.48. The molecule has 0 aliphatic heterocycles. The normalized spacial score (nSPS) is 13.5. The van der Waals surface area contributed by atoms with Crippen molar-refractivity contribution in [3.05, 3.63) is 29.8 Å². The van der Waals surface area contributed by atoms with Crippen LogP contribution in [0.25, 0.3) is 0 Å². The summed E-state index contributed by atoms with van der Waals surface area (Å²) in [6.45, 7) is 7.62. The number of carbonyl (C=O) groups is 4. The van der Waals surface area contributed by atoms with Gasteiger partial charge in [-0.1, -0.05) is 58.6 Å². The average Bonchev–Trinajstić information content (AvgIpc) is 3.04. The topological polar surface area (TPSA) is 182 Å². The second-order valence-electron chi connectivity index (χ2n) is 13.2. The molecule has 0 aliphatic carbocycles. The van der Waals surface area contributed by atoms with Crippen LogP contribution in [0.5, 0.6) is 5.75 Å². The second kappa shape index (κ2) is 25.0. The number of primary amides is 1. The molecule has 0 radical (unpaired) electrons. The third kappa shape index (κ3) is 20.0. The lowest BCUT2D eigenvalue weighted by Gasteiger charge is -2.27. The number of nitrogens with one attached hydrogen (secondary N) is 3. The molecule has 14 nitrogen and oxygen atoms in total. The van der Waals surface area contributed by atoms with Crippen molar-refractivity contribution in [1.29, 1.82) is 0 Å². The first-order valence-electron chi connectivity index (χ1n) is 17.8. The molecule has 15 heteroatoms. The summed E-state index contributed by atoms with van der Waals surface area (Å²) in [6, 6.07) is 4.92. The van der Waals surface area contributed by atoms with Crippen molar-refractivity contribution in [2.45, 2.75) is 97.1 Å². The molecule has 0 heterocycles. The minimum absolute atomic E-state index is 0.145. The molecule has 0 saturated carbocycles. The van der Waals surface area contributed by atoms with Gasteiger partial charge >= 0.3 is 7.82 Å². The Morgan fingerprint density at radius 2 is 1.42 bits per heavy atom. The number of hydrogen-bond donors (Lipinski definition) is 4. The summed E-state index contributed by atoms with van der Waals surface area (Å²) in [4.78, 5) is 54.6. The van der Waals surface area contributed by atoms with Crippen LogP contribution < -0.4 is 26.2 Å². The highest BCUT2D eigenvalue weighted by Crippen LogP contribution is 2.49. The molecule has 286 valence electrons. The number of carbonyl (C=O) groups excluding carboxylic acids is 4. The van der Waals surface area contributed by atoms with Crippen LogP contribution in [0.15, 0.2) is 24.3 Å². The van der Waals surface area contributed by atoms with E-state index < -0.39 is 25.8 Å². The lowest BCUT2D eigenvalue weighted by Crippen LogP contribution is -2.56. The van der Waals surface area contributed by atoms with Gasteiger partial charge < -0.3 is 36.0 Å². The maximum Gasteiger partial charge on any atom is 0.530 e. The van der Waals surface area contributed by atoms with Gasteiger partial charge in [0.25, 0.3) is 0 Å². The summed E-state index contributed by atoms with van der Waals surface area (Å²) >= 11 is 0. The van der Waals surface area contributed by atoms with E-state index in [9.17, 15) is 23.7 Å². The van der Waals surface area contributed by atoms with Gasteiger partial charge in [0, 0.05) is 38.9 Å². The van der Waals surface area contributed by atoms with Crippen molar-refractivity contribution in [3.8, 4) is 5.75 Å². The third-order valence-corrected chi connectivity index (χ3v) is 9.44. The fourth-order valence-electron chi connectivity index (χ4n) is 4.70. The summed E-state index contributed by atoms with van der Waals surface area (Å²) in [5, 5.41) is 8.67. The van der Waals surface area contributed by atoms with Crippen LogP contribution >= 0.6 is 7.82 Å². The Kier molecular flexibility index (Phi) is 22.5. The van der Waals surface area contributed by atoms with Gasteiger partial charge in [-0.15, -0.1) is 0 Å². The van der Waals surface area contributed by atoms with E-state index in [0.717, 1.165) is 19.3 Å². The molecular formula is C35H63N6O8P. The van der Waals surface area contributed by atoms with E-state index in [1.807, 2.05) is 58.8 Å². The lowest BCUT2D eigenvalue weighted by molar-refractivity contribution is -0.133. The zero-order valence-electron chi connectivity index (χ0n) is 31.3. The zero-order valence-corrected chi connectivity index (χ0v) is 32.2. The molecule has 1 aromatic rings. The highest BCUT2D eigenvalue weighted by Gasteiger charge is 2.31. The fraction of sp³-hybridized carbons (Fsp3) is 0.714. The molecule has 5 N–H and O–H groups in total. The van der Waals surface area contributed by atoms with Crippen LogP contribution in [0.3, 0.4) is 0 Å². The molecule has 0 aliphatic rings. The van der Waals surface area contributed by atoms with Gasteiger partial charge in [0.15, 0.2) is 0 Å². The number of amides is 4. The first kappa shape index (κ1) is 45.0. The number of unbranched alkanes of at least 4 members (excludes halogenated alkanes) is 4. The SMILES string of the molecule is CCCCCC(=O)NC(Cc1ccc(OP(=O)(OCCN(C)C)OCCN(C)C)cc1)C(=O)NC(C(=O)NCCCCCC(N)=O)C(C)CC. The number of hydrogen-bond acceptors (Lipinski definition) is 10. The Morgan fingerprint density at radius 3 is 1.96 bits per heavy atom. The summed E-state index contributed by atoms with van der Waals surface area (Å²) in [6.07, 6.45) is 6.00. The van der Waals surface area contributed by atoms with E-state index in [0.29, 0.717) is 57.3 Å². The van der Waals surface area contributed by atoms with Gasteiger partial charge in [-0.25, -0.2) is 4.57 Å². The monoisotopic (exact) mass is 726 g/mol. The molecular weight excluding hydrogens is 663 g/mol. The van der Waals surface area contributed by atoms with Crippen molar-refractivity contribution < 1.29 is 37.3 Å². The van der Waals surface area contributed by atoms with E-state index in [-0.39, 0.29) is 55.4 Å². The molecule has 3 atom stereocenters. The molecule has 0 aromatic heterocycles. The van der Waals surface area contributed by atoms with E-state index in [1.165, 1.54) is 0 Å². The largest absolute Gasteiger partial charge is 0.530 e. The van der Waals surface area contributed by atoms with E-state index in [4.69, 9.17) is 19.3 Å². The molecule has 1 rings (SSSR count). The standard InChI is InChI=1S/C35H63N6O8P/c1-8-10-12-16-32(43)38-30(34(44)39-33(27(3)9-2)35(45)37-21-14-11-13-15-31(36)42)26-28-17-19-29(20-18-28)49-50(46,47-24-22-40(4)5)48-25-23-41(6)7/h17-20,27,30,33H,8-16,21-26H2,1-7H3,(H2,36,42)(H,37,45)(H,38,43)(H,39,44). The predicted octanol–water partition coefficient (Wildman–Crippen LogP) is 3.63. The van der Waals surface area contributed by atoms with Crippen molar-refractivity contribution in [2.24, 2.45) is 11.7 Å². The molecule has 0 fully saturated rings. The fourth-order valence-corrected chi connectivity index (χ4v) is 5.87. The first-order chi connectivity index (χ1) is 23.7. The summed E-state index contributed by atoms with van der Waals surface area (Å²) in [5.41, 5.74) is 5.91. The lowest BCUT2D eigenvalue weighted by atomic mass is 9.97. The summed E-state index contributed by atoms with van der Waals surface area (Å²) in [7, 11) is 3.57. The second-order valence-corrected chi connectivity index (χ2v) is 14.8. The Hall–Kier alpha value is -3.03. The highest BCUT2D eigenvalue weighted by atomic mass is 31.2. The molecule has 4 amide bonds. The van der Waals surface area contributed by atoms with Crippen LogP contribution in [-0.4, -0.2) is 107 Å². The number of phosphoric acid groups is 1. The Labute approximate surface area is 299 Å². The smallest absolute Gasteiger partial charge is 0.404 e. The quantitative estimate of drug-likeness (QED) is 0.0736. The predicted molar refractivity (Wildman–Crippen MR) is 196 cm³/mol. The Morgan fingerprint density at radius 1 is 0.820 bits per heavy atom. The summed E-state index contributed by atoms with van der Waals surface area (Å²) < 4.78 is 30.3. The maximum absolute atomic E-state index is 13.7. The number of nitrogens with zero attached hydrogens (tertiary/aromatic N) is 2. The number of phosphoric ester groups is 1. The van der Waals surface area contributed by atoms with Gasteiger partial charge in [-0.2, -0.15) is 0 Å². The zero-order chi connectivity index (χ0) is 37.5. The number of likely N-dealkylation sites (N-methyl/N-ethyl adjacent to an activating group) is 2. The number of benzene rings is 1.